The maximum atomic E-state index is 12.5. The van der Waals surface area contributed by atoms with Crippen molar-refractivity contribution >= 4 is 29.3 Å². The van der Waals surface area contributed by atoms with Crippen molar-refractivity contribution in [2.45, 2.75) is 27.2 Å². The molecule has 0 spiro atoms. The Bertz CT molecular complexity index is 1140. The van der Waals surface area contributed by atoms with Crippen LogP contribution in [0.2, 0.25) is 0 Å². The van der Waals surface area contributed by atoms with E-state index in [1.54, 1.807) is 17.9 Å². The summed E-state index contributed by atoms with van der Waals surface area (Å²) in [6, 6.07) is 17.9. The number of nitrogens with one attached hydrogen (secondary N) is 1. The number of para-hydroxylation sites is 1. The van der Waals surface area contributed by atoms with Crippen LogP contribution in [0.3, 0.4) is 0 Å². The molecule has 1 N–H and O–H groups in total. The second-order valence-corrected chi connectivity index (χ2v) is 7.58. The van der Waals surface area contributed by atoms with Crippen molar-refractivity contribution in [3.05, 3.63) is 83.2 Å². The molecule has 152 valence electrons. The van der Waals surface area contributed by atoms with E-state index in [4.69, 9.17) is 0 Å². The van der Waals surface area contributed by atoms with Crippen LogP contribution in [0.4, 0.5) is 11.4 Å². The molecular formula is C25H25N3O2. The van der Waals surface area contributed by atoms with Gasteiger partial charge in [0.25, 0.3) is 0 Å². The van der Waals surface area contributed by atoms with Gasteiger partial charge in [0, 0.05) is 48.0 Å². The van der Waals surface area contributed by atoms with E-state index in [0.717, 1.165) is 46.0 Å². The quantitative estimate of drug-likeness (QED) is 0.649. The molecule has 5 nitrogen and oxygen atoms in total. The van der Waals surface area contributed by atoms with Gasteiger partial charge in [0.05, 0.1) is 0 Å². The van der Waals surface area contributed by atoms with Crippen molar-refractivity contribution in [3.8, 4) is 5.69 Å². The number of carbonyl (C=O) groups excluding carboxylic acids is 2. The van der Waals surface area contributed by atoms with Crippen LogP contribution in [0.5, 0.6) is 0 Å². The fraction of sp³-hybridized carbons (Fsp3) is 0.200. The minimum absolute atomic E-state index is 0.0431. The summed E-state index contributed by atoms with van der Waals surface area (Å²) in [5.41, 5.74) is 7.08. The van der Waals surface area contributed by atoms with Crippen molar-refractivity contribution in [3.63, 3.8) is 0 Å². The molecule has 2 amide bonds. The number of aromatic nitrogens is 1. The Kier molecular flexibility index (Phi) is 5.27. The molecule has 1 aromatic heterocycles. The van der Waals surface area contributed by atoms with Crippen LogP contribution in [-0.2, 0) is 16.0 Å². The predicted molar refractivity (Wildman–Crippen MR) is 121 cm³/mol. The molecule has 3 aromatic rings. The zero-order chi connectivity index (χ0) is 21.3. The normalized spacial score (nSPS) is 13.0. The van der Waals surface area contributed by atoms with E-state index in [-0.39, 0.29) is 11.8 Å². The smallest absolute Gasteiger partial charge is 0.248 e. The maximum Gasteiger partial charge on any atom is 0.248 e. The van der Waals surface area contributed by atoms with Gasteiger partial charge < -0.3 is 14.8 Å². The highest BCUT2D eigenvalue weighted by Crippen LogP contribution is 2.30. The molecule has 1 aliphatic rings. The molecule has 5 heteroatoms. The summed E-state index contributed by atoms with van der Waals surface area (Å²) in [7, 11) is 0. The molecule has 0 aliphatic carbocycles. The number of amides is 2. The van der Waals surface area contributed by atoms with Gasteiger partial charge in [-0.15, -0.1) is 0 Å². The summed E-state index contributed by atoms with van der Waals surface area (Å²) in [4.78, 5) is 25.9. The number of nitrogens with zero attached hydrogens (tertiary/aromatic N) is 2. The summed E-state index contributed by atoms with van der Waals surface area (Å²) in [6.07, 6.45) is 4.22. The van der Waals surface area contributed by atoms with Gasteiger partial charge in [0.15, 0.2) is 0 Å². The SMILES string of the molecule is CC(=O)N1CCc2cc(NC(=O)/C=C/c3cc(C)n(-c4ccccc4)c3C)ccc21. The summed E-state index contributed by atoms with van der Waals surface area (Å²) in [5.74, 6) is -0.137. The Labute approximate surface area is 176 Å². The number of fused-ring (bicyclic) bond motifs is 1. The van der Waals surface area contributed by atoms with Crippen molar-refractivity contribution in [1.82, 2.24) is 4.57 Å². The molecule has 0 bridgehead atoms. The molecule has 2 heterocycles. The van der Waals surface area contributed by atoms with Gasteiger partial charge in [0.1, 0.15) is 0 Å². The minimum Gasteiger partial charge on any atom is -0.323 e. The zero-order valence-corrected chi connectivity index (χ0v) is 17.5. The molecule has 30 heavy (non-hydrogen) atoms. The number of anilines is 2. The molecule has 0 fully saturated rings. The summed E-state index contributed by atoms with van der Waals surface area (Å²) >= 11 is 0. The standard InChI is InChI=1S/C25H25N3O2/c1-17-15-20(18(2)28(17)23-7-5-4-6-8-23)9-12-25(30)26-22-10-11-24-21(16-22)13-14-27(24)19(3)29/h4-12,15-16H,13-14H2,1-3H3,(H,26,30)/b12-9+. The largest absolute Gasteiger partial charge is 0.323 e. The Morgan fingerprint density at radius 1 is 1.03 bits per heavy atom. The molecule has 4 rings (SSSR count). The maximum absolute atomic E-state index is 12.5. The number of aryl methyl sites for hydroxylation is 1. The first-order chi connectivity index (χ1) is 14.4. The lowest BCUT2D eigenvalue weighted by molar-refractivity contribution is -0.116. The van der Waals surface area contributed by atoms with E-state index in [1.165, 1.54) is 0 Å². The van der Waals surface area contributed by atoms with E-state index >= 15 is 0 Å². The van der Waals surface area contributed by atoms with Crippen LogP contribution >= 0.6 is 0 Å². The first-order valence-corrected chi connectivity index (χ1v) is 10.1. The molecule has 2 aromatic carbocycles. The predicted octanol–water partition coefficient (Wildman–Crippen LogP) is 4.66. The summed E-state index contributed by atoms with van der Waals surface area (Å²) in [5, 5.41) is 2.92. The second-order valence-electron chi connectivity index (χ2n) is 7.58. The van der Waals surface area contributed by atoms with Crippen molar-refractivity contribution in [2.75, 3.05) is 16.8 Å². The Balaban J connectivity index is 1.48. The molecule has 1 aliphatic heterocycles. The lowest BCUT2D eigenvalue weighted by Crippen LogP contribution is -2.25. The van der Waals surface area contributed by atoms with E-state index in [0.29, 0.717) is 6.54 Å². The lowest BCUT2D eigenvalue weighted by Gasteiger charge is -2.14. The number of benzene rings is 2. The van der Waals surface area contributed by atoms with Crippen LogP contribution in [-0.4, -0.2) is 22.9 Å². The first-order valence-electron chi connectivity index (χ1n) is 10.1. The first kappa shape index (κ1) is 19.7. The van der Waals surface area contributed by atoms with Crippen molar-refractivity contribution in [1.29, 1.82) is 0 Å². The highest BCUT2D eigenvalue weighted by Gasteiger charge is 2.22. The van der Waals surface area contributed by atoms with E-state index in [2.05, 4.69) is 41.9 Å². The highest BCUT2D eigenvalue weighted by atomic mass is 16.2. The lowest BCUT2D eigenvalue weighted by atomic mass is 10.1. The van der Waals surface area contributed by atoms with Gasteiger partial charge >= 0.3 is 0 Å². The highest BCUT2D eigenvalue weighted by molar-refractivity contribution is 6.02. The van der Waals surface area contributed by atoms with Crippen molar-refractivity contribution in [2.24, 2.45) is 0 Å². The molecule has 0 saturated heterocycles. The monoisotopic (exact) mass is 399 g/mol. The van der Waals surface area contributed by atoms with Gasteiger partial charge in [-0.2, -0.15) is 0 Å². The molecule has 0 unspecified atom stereocenters. The zero-order valence-electron chi connectivity index (χ0n) is 17.5. The second kappa shape index (κ2) is 8.03. The number of carbonyl (C=O) groups is 2. The topological polar surface area (TPSA) is 54.3 Å². The molecule has 0 radical (unpaired) electrons. The third kappa shape index (κ3) is 3.79. The minimum atomic E-state index is -0.180. The van der Waals surface area contributed by atoms with Gasteiger partial charge in [-0.3, -0.25) is 9.59 Å². The van der Waals surface area contributed by atoms with E-state index in [1.807, 2.05) is 42.5 Å². The van der Waals surface area contributed by atoms with Crippen LogP contribution in [0.25, 0.3) is 11.8 Å². The number of hydrogen-bond donors (Lipinski definition) is 1. The van der Waals surface area contributed by atoms with Crippen LogP contribution < -0.4 is 10.2 Å². The number of hydrogen-bond acceptors (Lipinski definition) is 2. The van der Waals surface area contributed by atoms with Gasteiger partial charge in [-0.05, 0) is 73.9 Å². The molecular weight excluding hydrogens is 374 g/mol. The fourth-order valence-electron chi connectivity index (χ4n) is 4.09. The average molecular weight is 399 g/mol. The van der Waals surface area contributed by atoms with Crippen molar-refractivity contribution < 1.29 is 9.59 Å². The Hall–Kier alpha value is -3.60. The average Bonchev–Trinajstić information content (AvgIpc) is 3.27. The Morgan fingerprint density at radius 3 is 2.53 bits per heavy atom. The molecule has 0 atom stereocenters. The molecule has 0 saturated carbocycles. The van der Waals surface area contributed by atoms with E-state index in [9.17, 15) is 9.59 Å². The summed E-state index contributed by atoms with van der Waals surface area (Å²) < 4.78 is 2.18. The van der Waals surface area contributed by atoms with E-state index < -0.39 is 0 Å². The van der Waals surface area contributed by atoms with Gasteiger partial charge in [0.2, 0.25) is 11.8 Å². The van der Waals surface area contributed by atoms with Crippen LogP contribution in [0.15, 0.2) is 60.7 Å². The third-order valence-electron chi connectivity index (χ3n) is 5.52. The van der Waals surface area contributed by atoms with Gasteiger partial charge in [-0.1, -0.05) is 18.2 Å². The third-order valence-corrected chi connectivity index (χ3v) is 5.52. The van der Waals surface area contributed by atoms with Crippen LogP contribution in [0.1, 0.15) is 29.4 Å². The van der Waals surface area contributed by atoms with Crippen LogP contribution in [0, 0.1) is 13.8 Å². The fourth-order valence-corrected chi connectivity index (χ4v) is 4.09. The Morgan fingerprint density at radius 2 is 1.80 bits per heavy atom. The number of rotatable bonds is 4. The van der Waals surface area contributed by atoms with Gasteiger partial charge in [-0.25, -0.2) is 0 Å². The summed E-state index contributed by atoms with van der Waals surface area (Å²) in [6.45, 7) is 6.38.